The number of nitrogens with zero attached hydrogens (tertiary/aromatic N) is 2. The quantitative estimate of drug-likeness (QED) is 0.159. The number of methoxy groups -OCH3 is 1. The van der Waals surface area contributed by atoms with Crippen LogP contribution in [0.15, 0.2) is 88.8 Å². The molecule has 1 amide bonds. The van der Waals surface area contributed by atoms with E-state index >= 15 is 0 Å². The van der Waals surface area contributed by atoms with Gasteiger partial charge in [0.1, 0.15) is 12.4 Å². The number of hydrogen-bond acceptors (Lipinski definition) is 8. The summed E-state index contributed by atoms with van der Waals surface area (Å²) < 4.78 is 10.5. The van der Waals surface area contributed by atoms with E-state index in [1.54, 1.807) is 24.3 Å². The number of aromatic nitrogens is 2. The lowest BCUT2D eigenvalue weighted by Crippen LogP contribution is -2.39. The Morgan fingerprint density at radius 2 is 1.67 bits per heavy atom. The van der Waals surface area contributed by atoms with Crippen molar-refractivity contribution in [3.63, 3.8) is 0 Å². The minimum Gasteiger partial charge on any atom is -0.492 e. The number of ether oxygens (including phenoxy) is 2. The van der Waals surface area contributed by atoms with Crippen LogP contribution < -0.4 is 20.9 Å². The van der Waals surface area contributed by atoms with E-state index < -0.39 is 17.4 Å². The second-order valence-corrected chi connectivity index (χ2v) is 9.61. The number of hydrogen-bond donors (Lipinski definition) is 2. The fourth-order valence-electron chi connectivity index (χ4n) is 3.64. The lowest BCUT2D eigenvalue weighted by molar-refractivity contribution is 0.0600. The highest BCUT2D eigenvalue weighted by Crippen LogP contribution is 2.24. The highest BCUT2D eigenvalue weighted by atomic mass is 35.5. The predicted octanol–water partition coefficient (Wildman–Crippen LogP) is 4.81. The van der Waals surface area contributed by atoms with Gasteiger partial charge in [0, 0.05) is 16.3 Å². The molecule has 39 heavy (non-hydrogen) atoms. The van der Waals surface area contributed by atoms with E-state index in [4.69, 9.17) is 26.8 Å². The Labute approximate surface area is 233 Å². The SMILES string of the molecule is COC(=O)c1ccc(C(=O)N(CCOc2ccc(Cl)cc2)c2c(N)nc(SCc3ccccc3)[nH]c2=O)cc1. The molecule has 1 heterocycles. The Kier molecular flexibility index (Phi) is 9.24. The molecule has 0 unspecified atom stereocenters. The molecule has 0 saturated carbocycles. The molecule has 200 valence electrons. The number of amides is 1. The van der Waals surface area contributed by atoms with Crippen LogP contribution in [0.25, 0.3) is 0 Å². The summed E-state index contributed by atoms with van der Waals surface area (Å²) in [5, 5.41) is 0.891. The molecule has 4 aromatic rings. The van der Waals surface area contributed by atoms with Crippen molar-refractivity contribution in [3.05, 3.63) is 111 Å². The molecule has 0 saturated heterocycles. The van der Waals surface area contributed by atoms with Gasteiger partial charge in [-0.15, -0.1) is 0 Å². The molecule has 0 aliphatic carbocycles. The van der Waals surface area contributed by atoms with Gasteiger partial charge in [-0.3, -0.25) is 19.5 Å². The van der Waals surface area contributed by atoms with E-state index in [0.717, 1.165) is 5.56 Å². The first kappa shape index (κ1) is 27.7. The summed E-state index contributed by atoms with van der Waals surface area (Å²) in [5.41, 5.74) is 7.14. The number of anilines is 2. The highest BCUT2D eigenvalue weighted by molar-refractivity contribution is 7.98. The minimum absolute atomic E-state index is 0.00826. The van der Waals surface area contributed by atoms with Crippen LogP contribution in [0.1, 0.15) is 26.3 Å². The zero-order chi connectivity index (χ0) is 27.8. The third-order valence-corrected chi connectivity index (χ3v) is 6.78. The van der Waals surface area contributed by atoms with Crippen LogP contribution in [-0.2, 0) is 10.5 Å². The van der Waals surface area contributed by atoms with E-state index in [1.165, 1.54) is 48.0 Å². The van der Waals surface area contributed by atoms with Crippen molar-refractivity contribution in [1.82, 2.24) is 9.97 Å². The lowest BCUT2D eigenvalue weighted by Gasteiger charge is -2.23. The Morgan fingerprint density at radius 3 is 2.31 bits per heavy atom. The van der Waals surface area contributed by atoms with Crippen LogP contribution >= 0.6 is 23.4 Å². The molecule has 0 fully saturated rings. The van der Waals surface area contributed by atoms with Gasteiger partial charge in [0.25, 0.3) is 11.5 Å². The maximum absolute atomic E-state index is 13.6. The largest absolute Gasteiger partial charge is 0.492 e. The Bertz CT molecular complexity index is 1500. The number of aromatic amines is 1. The Hall–Kier alpha value is -4.28. The van der Waals surface area contributed by atoms with Crippen molar-refractivity contribution in [2.75, 3.05) is 30.9 Å². The number of carbonyl (C=O) groups excluding carboxylic acids is 2. The number of nitrogens with one attached hydrogen (secondary N) is 1. The van der Waals surface area contributed by atoms with Crippen molar-refractivity contribution in [3.8, 4) is 5.75 Å². The van der Waals surface area contributed by atoms with E-state index in [-0.39, 0.29) is 35.8 Å². The zero-order valence-electron chi connectivity index (χ0n) is 20.9. The van der Waals surface area contributed by atoms with Crippen molar-refractivity contribution in [2.45, 2.75) is 10.9 Å². The van der Waals surface area contributed by atoms with Gasteiger partial charge in [-0.25, -0.2) is 9.78 Å². The second kappa shape index (κ2) is 13.0. The molecule has 0 spiro atoms. The zero-order valence-corrected chi connectivity index (χ0v) is 22.5. The molecule has 11 heteroatoms. The van der Waals surface area contributed by atoms with Crippen LogP contribution in [0.2, 0.25) is 5.02 Å². The number of halogens is 1. The van der Waals surface area contributed by atoms with Crippen LogP contribution in [0.4, 0.5) is 11.5 Å². The summed E-state index contributed by atoms with van der Waals surface area (Å²) in [6.07, 6.45) is 0. The fraction of sp³-hybridized carbons (Fsp3) is 0.143. The van der Waals surface area contributed by atoms with Gasteiger partial charge in [0.15, 0.2) is 16.7 Å². The Balaban J connectivity index is 1.59. The number of esters is 1. The summed E-state index contributed by atoms with van der Waals surface area (Å²) in [7, 11) is 1.27. The average Bonchev–Trinajstić information content (AvgIpc) is 2.95. The first-order chi connectivity index (χ1) is 18.9. The molecule has 3 N–H and O–H groups in total. The summed E-state index contributed by atoms with van der Waals surface area (Å²) in [5.74, 6) is -0.0279. The van der Waals surface area contributed by atoms with Crippen LogP contribution in [-0.4, -0.2) is 42.1 Å². The predicted molar refractivity (Wildman–Crippen MR) is 152 cm³/mol. The van der Waals surface area contributed by atoms with Crippen LogP contribution in [0, 0.1) is 0 Å². The number of H-pyrrole nitrogens is 1. The molecule has 0 aliphatic heterocycles. The number of thioether (sulfide) groups is 1. The van der Waals surface area contributed by atoms with Crippen LogP contribution in [0.5, 0.6) is 5.75 Å². The molecule has 1 aromatic heterocycles. The van der Waals surface area contributed by atoms with Crippen molar-refractivity contribution < 1.29 is 19.1 Å². The smallest absolute Gasteiger partial charge is 0.337 e. The van der Waals surface area contributed by atoms with Gasteiger partial charge in [-0.1, -0.05) is 53.7 Å². The standard InChI is InChI=1S/C28H25ClN4O5S/c1-37-27(36)20-9-7-19(8-10-20)26(35)33(15-16-38-22-13-11-21(29)12-14-22)23-24(30)31-28(32-25(23)34)39-17-18-5-3-2-4-6-18/h2-14H,15-17H2,1H3,(H3,30,31,32,34). The summed E-state index contributed by atoms with van der Waals surface area (Å²) in [6, 6.07) is 22.4. The van der Waals surface area contributed by atoms with Gasteiger partial charge >= 0.3 is 5.97 Å². The number of rotatable bonds is 10. The molecule has 0 radical (unpaired) electrons. The minimum atomic E-state index is -0.566. The molecule has 0 bridgehead atoms. The molecule has 0 aliphatic rings. The van der Waals surface area contributed by atoms with Crippen molar-refractivity contribution in [1.29, 1.82) is 0 Å². The second-order valence-electron chi connectivity index (χ2n) is 8.21. The van der Waals surface area contributed by atoms with Crippen LogP contribution in [0.3, 0.4) is 0 Å². The van der Waals surface area contributed by atoms with Gasteiger partial charge in [0.2, 0.25) is 0 Å². The van der Waals surface area contributed by atoms with E-state index in [0.29, 0.717) is 21.7 Å². The third-order valence-electron chi connectivity index (χ3n) is 5.58. The normalized spacial score (nSPS) is 10.6. The molecule has 4 rings (SSSR count). The number of nitrogens with two attached hydrogens (primary N) is 1. The number of nitrogen functional groups attached to an aromatic ring is 1. The summed E-state index contributed by atoms with van der Waals surface area (Å²) in [4.78, 5) is 46.9. The first-order valence-corrected chi connectivity index (χ1v) is 13.2. The number of benzene rings is 3. The monoisotopic (exact) mass is 564 g/mol. The van der Waals surface area contributed by atoms with Gasteiger partial charge in [-0.05, 0) is 54.1 Å². The summed E-state index contributed by atoms with van der Waals surface area (Å²) >= 11 is 7.25. The Morgan fingerprint density at radius 1 is 1.00 bits per heavy atom. The molecule has 9 nitrogen and oxygen atoms in total. The van der Waals surface area contributed by atoms with E-state index in [9.17, 15) is 14.4 Å². The van der Waals surface area contributed by atoms with Gasteiger partial charge in [-0.2, -0.15) is 0 Å². The number of carbonyl (C=O) groups is 2. The average molecular weight is 565 g/mol. The van der Waals surface area contributed by atoms with Gasteiger partial charge < -0.3 is 15.2 Å². The summed E-state index contributed by atoms with van der Waals surface area (Å²) in [6.45, 7) is 0.0443. The maximum Gasteiger partial charge on any atom is 0.337 e. The third kappa shape index (κ3) is 7.18. The molecule has 0 atom stereocenters. The van der Waals surface area contributed by atoms with E-state index in [1.807, 2.05) is 30.3 Å². The first-order valence-electron chi connectivity index (χ1n) is 11.8. The topological polar surface area (TPSA) is 128 Å². The lowest BCUT2D eigenvalue weighted by atomic mass is 10.1. The molecule has 3 aromatic carbocycles. The molecular formula is C28H25ClN4O5S. The maximum atomic E-state index is 13.6. The highest BCUT2D eigenvalue weighted by Gasteiger charge is 2.25. The van der Waals surface area contributed by atoms with E-state index in [2.05, 4.69) is 9.97 Å². The van der Waals surface area contributed by atoms with Gasteiger partial charge in [0.05, 0.1) is 19.2 Å². The molecular weight excluding hydrogens is 540 g/mol. The fourth-order valence-corrected chi connectivity index (χ4v) is 4.59. The van der Waals surface area contributed by atoms with Crippen molar-refractivity contribution >= 4 is 46.7 Å². The van der Waals surface area contributed by atoms with Crippen molar-refractivity contribution in [2.24, 2.45) is 0 Å².